The van der Waals surface area contributed by atoms with Crippen molar-refractivity contribution in [1.29, 1.82) is 0 Å². The molecule has 0 spiro atoms. The van der Waals surface area contributed by atoms with Crippen molar-refractivity contribution >= 4 is 22.8 Å². The Bertz CT molecular complexity index is 66.6. The van der Waals surface area contributed by atoms with Gasteiger partial charge in [-0.1, -0.05) is 47.6 Å². The summed E-state index contributed by atoms with van der Waals surface area (Å²) in [5.41, 5.74) is 0. The molecule has 0 bridgehead atoms. The van der Waals surface area contributed by atoms with Crippen LogP contribution in [0.4, 0.5) is 0 Å². The standard InChI is InChI=1S/C7H14BrP/c8-9-6-7-4-2-1-3-5-7/h7,9H,1-6H2. The zero-order valence-electron chi connectivity index (χ0n) is 5.70. The second-order valence-electron chi connectivity index (χ2n) is 2.84. The topological polar surface area (TPSA) is 0 Å². The molecule has 0 aromatic carbocycles. The summed E-state index contributed by atoms with van der Waals surface area (Å²) >= 11 is 3.51. The van der Waals surface area contributed by atoms with E-state index in [1.54, 1.807) is 0 Å². The molecule has 0 heterocycles. The van der Waals surface area contributed by atoms with Crippen LogP contribution in [0.1, 0.15) is 32.1 Å². The molecule has 1 saturated carbocycles. The van der Waals surface area contributed by atoms with E-state index in [2.05, 4.69) is 15.5 Å². The number of hydrogen-bond acceptors (Lipinski definition) is 0. The zero-order valence-corrected chi connectivity index (χ0v) is 8.28. The molecule has 1 fully saturated rings. The number of hydrogen-bond donors (Lipinski definition) is 0. The van der Waals surface area contributed by atoms with Gasteiger partial charge >= 0.3 is 0 Å². The first kappa shape index (κ1) is 8.01. The van der Waals surface area contributed by atoms with Gasteiger partial charge in [0.2, 0.25) is 0 Å². The van der Waals surface area contributed by atoms with Gasteiger partial charge in [-0.3, -0.25) is 0 Å². The quantitative estimate of drug-likeness (QED) is 0.610. The molecule has 0 aromatic rings. The zero-order chi connectivity index (χ0) is 6.53. The lowest BCUT2D eigenvalue weighted by atomic mass is 9.91. The monoisotopic (exact) mass is 208 g/mol. The van der Waals surface area contributed by atoms with Crippen LogP contribution in [0.25, 0.3) is 0 Å². The van der Waals surface area contributed by atoms with Gasteiger partial charge in [-0.25, -0.2) is 0 Å². The predicted octanol–water partition coefficient (Wildman–Crippen LogP) is 3.56. The Morgan fingerprint density at radius 1 is 1.22 bits per heavy atom. The summed E-state index contributed by atoms with van der Waals surface area (Å²) in [6.45, 7) is 0. The minimum absolute atomic E-state index is 1.00. The number of rotatable bonds is 2. The highest BCUT2D eigenvalue weighted by Crippen LogP contribution is 2.31. The van der Waals surface area contributed by atoms with Crippen LogP contribution >= 0.6 is 22.8 Å². The van der Waals surface area contributed by atoms with Gasteiger partial charge < -0.3 is 0 Å². The van der Waals surface area contributed by atoms with E-state index in [0.29, 0.717) is 0 Å². The van der Waals surface area contributed by atoms with Crippen molar-refractivity contribution in [2.45, 2.75) is 32.1 Å². The average molecular weight is 209 g/mol. The van der Waals surface area contributed by atoms with Crippen LogP contribution in [0.3, 0.4) is 0 Å². The Balaban J connectivity index is 2.08. The van der Waals surface area contributed by atoms with Crippen LogP contribution in [0, 0.1) is 5.92 Å². The molecule has 1 aliphatic carbocycles. The van der Waals surface area contributed by atoms with Crippen molar-refractivity contribution in [2.24, 2.45) is 5.92 Å². The minimum Gasteiger partial charge on any atom is -0.0642 e. The Morgan fingerprint density at radius 3 is 2.44 bits per heavy atom. The highest BCUT2D eigenvalue weighted by molar-refractivity contribution is 9.36. The maximum atomic E-state index is 3.51. The fourth-order valence-corrected chi connectivity index (χ4v) is 3.50. The second-order valence-corrected chi connectivity index (χ2v) is 5.20. The normalized spacial score (nSPS) is 23.7. The summed E-state index contributed by atoms with van der Waals surface area (Å²) < 4.78 is 0. The van der Waals surface area contributed by atoms with Crippen molar-refractivity contribution in [3.63, 3.8) is 0 Å². The van der Waals surface area contributed by atoms with Gasteiger partial charge in [-0.2, -0.15) is 0 Å². The molecule has 54 valence electrons. The van der Waals surface area contributed by atoms with E-state index in [0.717, 1.165) is 13.2 Å². The maximum absolute atomic E-state index is 3.51. The molecule has 0 nitrogen and oxygen atoms in total. The van der Waals surface area contributed by atoms with Crippen LogP contribution in [0.15, 0.2) is 0 Å². The van der Waals surface area contributed by atoms with Gasteiger partial charge in [0.15, 0.2) is 0 Å². The van der Waals surface area contributed by atoms with E-state index in [-0.39, 0.29) is 0 Å². The van der Waals surface area contributed by atoms with E-state index < -0.39 is 0 Å². The highest BCUT2D eigenvalue weighted by Gasteiger charge is 2.11. The lowest BCUT2D eigenvalue weighted by molar-refractivity contribution is 0.390. The van der Waals surface area contributed by atoms with Crippen LogP contribution < -0.4 is 0 Å². The molecule has 1 rings (SSSR count). The van der Waals surface area contributed by atoms with E-state index >= 15 is 0 Å². The summed E-state index contributed by atoms with van der Waals surface area (Å²) in [6.07, 6.45) is 8.89. The molecule has 0 aromatic heterocycles. The molecular weight excluding hydrogens is 195 g/mol. The van der Waals surface area contributed by atoms with Crippen LogP contribution in [0.2, 0.25) is 0 Å². The summed E-state index contributed by atoms with van der Waals surface area (Å²) in [4.78, 5) is 0. The summed E-state index contributed by atoms with van der Waals surface area (Å²) in [6, 6.07) is 0. The molecular formula is C7H14BrP. The fourth-order valence-electron chi connectivity index (χ4n) is 1.50. The Hall–Kier alpha value is 0.910. The molecule has 0 N–H and O–H groups in total. The van der Waals surface area contributed by atoms with Crippen molar-refractivity contribution in [2.75, 3.05) is 6.16 Å². The summed E-state index contributed by atoms with van der Waals surface area (Å²) in [5.74, 6) is 1.07. The van der Waals surface area contributed by atoms with Crippen molar-refractivity contribution in [1.82, 2.24) is 0 Å². The summed E-state index contributed by atoms with van der Waals surface area (Å²) in [7, 11) is 1.00. The smallest absolute Gasteiger partial charge is 0.0226 e. The first-order valence-electron chi connectivity index (χ1n) is 3.77. The highest BCUT2D eigenvalue weighted by atomic mass is 79.9. The molecule has 1 aliphatic rings. The van der Waals surface area contributed by atoms with Gasteiger partial charge in [0, 0.05) is 0 Å². The molecule has 0 radical (unpaired) electrons. The largest absolute Gasteiger partial charge is 0.0642 e. The fraction of sp³-hybridized carbons (Fsp3) is 1.00. The van der Waals surface area contributed by atoms with E-state index in [1.807, 2.05) is 0 Å². The molecule has 1 unspecified atom stereocenters. The van der Waals surface area contributed by atoms with Crippen LogP contribution in [-0.2, 0) is 0 Å². The second kappa shape index (κ2) is 4.68. The molecule has 9 heavy (non-hydrogen) atoms. The molecule has 0 saturated heterocycles. The van der Waals surface area contributed by atoms with Gasteiger partial charge in [-0.05, 0) is 19.4 Å². The van der Waals surface area contributed by atoms with Gasteiger partial charge in [0.05, 0.1) is 0 Å². The summed E-state index contributed by atoms with van der Waals surface area (Å²) in [5, 5.41) is 0. The third kappa shape index (κ3) is 3.00. The van der Waals surface area contributed by atoms with Gasteiger partial charge in [0.25, 0.3) is 0 Å². The predicted molar refractivity (Wildman–Crippen MR) is 48.7 cm³/mol. The lowest BCUT2D eigenvalue weighted by Crippen LogP contribution is -2.06. The van der Waals surface area contributed by atoms with Gasteiger partial charge in [0.1, 0.15) is 0 Å². The first-order chi connectivity index (χ1) is 4.43. The SMILES string of the molecule is BrPCC1CCCCC1. The molecule has 0 amide bonds. The van der Waals surface area contributed by atoms with Crippen molar-refractivity contribution < 1.29 is 0 Å². The molecule has 2 heteroatoms. The van der Waals surface area contributed by atoms with E-state index in [1.165, 1.54) is 38.3 Å². The Labute approximate surface area is 67.3 Å². The van der Waals surface area contributed by atoms with Crippen molar-refractivity contribution in [3.8, 4) is 0 Å². The van der Waals surface area contributed by atoms with E-state index in [9.17, 15) is 0 Å². The first-order valence-corrected chi connectivity index (χ1v) is 7.23. The van der Waals surface area contributed by atoms with Crippen molar-refractivity contribution in [3.05, 3.63) is 0 Å². The molecule has 0 aliphatic heterocycles. The Morgan fingerprint density at radius 2 is 1.89 bits per heavy atom. The minimum atomic E-state index is 1.00. The third-order valence-corrected chi connectivity index (χ3v) is 3.79. The lowest BCUT2D eigenvalue weighted by Gasteiger charge is -2.19. The van der Waals surface area contributed by atoms with Gasteiger partial charge in [-0.15, -0.1) is 0 Å². The van der Waals surface area contributed by atoms with E-state index in [4.69, 9.17) is 0 Å². The average Bonchev–Trinajstić information content (AvgIpc) is 1.91. The molecule has 1 atom stereocenters. The Kier molecular flexibility index (Phi) is 4.17. The maximum Gasteiger partial charge on any atom is -0.0226 e. The van der Waals surface area contributed by atoms with Crippen LogP contribution in [-0.4, -0.2) is 6.16 Å². The number of halogens is 1. The third-order valence-electron chi connectivity index (χ3n) is 2.09. The van der Waals surface area contributed by atoms with Crippen LogP contribution in [0.5, 0.6) is 0 Å².